The van der Waals surface area contributed by atoms with Crippen LogP contribution in [0.15, 0.2) is 18.2 Å². The molecule has 1 aromatic carbocycles. The lowest BCUT2D eigenvalue weighted by molar-refractivity contribution is 0.151. The first-order chi connectivity index (χ1) is 9.72. The predicted molar refractivity (Wildman–Crippen MR) is 75.9 cm³/mol. The number of aliphatic hydroxyl groups excluding tert-OH is 1. The molecular formula is C15H20FN3O. The van der Waals surface area contributed by atoms with Crippen molar-refractivity contribution < 1.29 is 9.50 Å². The zero-order chi connectivity index (χ0) is 14.4. The molecule has 0 bridgehead atoms. The summed E-state index contributed by atoms with van der Waals surface area (Å²) in [6, 6.07) is 6.42. The molecule has 1 aliphatic rings. The summed E-state index contributed by atoms with van der Waals surface area (Å²) in [4.78, 5) is 2.25. The molecule has 20 heavy (non-hydrogen) atoms. The molecular weight excluding hydrogens is 257 g/mol. The maximum absolute atomic E-state index is 13.7. The number of nitrogens with one attached hydrogen (secondary N) is 1. The van der Waals surface area contributed by atoms with Gasteiger partial charge in [0, 0.05) is 13.1 Å². The maximum Gasteiger partial charge on any atom is 0.147 e. The van der Waals surface area contributed by atoms with Crippen molar-refractivity contribution in [3.63, 3.8) is 0 Å². The number of piperidine rings is 1. The van der Waals surface area contributed by atoms with Gasteiger partial charge in [-0.2, -0.15) is 5.26 Å². The van der Waals surface area contributed by atoms with Crippen LogP contribution < -0.4 is 5.32 Å². The van der Waals surface area contributed by atoms with E-state index in [-0.39, 0.29) is 12.4 Å². The Morgan fingerprint density at radius 2 is 2.15 bits per heavy atom. The number of rotatable bonds is 5. The van der Waals surface area contributed by atoms with Crippen molar-refractivity contribution in [2.75, 3.05) is 38.1 Å². The second kappa shape index (κ2) is 7.22. The number of aliphatic hydroxyl groups is 1. The van der Waals surface area contributed by atoms with Crippen molar-refractivity contribution in [3.05, 3.63) is 29.6 Å². The van der Waals surface area contributed by atoms with E-state index in [4.69, 9.17) is 10.4 Å². The van der Waals surface area contributed by atoms with Gasteiger partial charge in [-0.15, -0.1) is 0 Å². The first kappa shape index (κ1) is 14.8. The molecule has 0 spiro atoms. The molecule has 2 rings (SSSR count). The third-order valence-electron chi connectivity index (χ3n) is 3.80. The Morgan fingerprint density at radius 3 is 2.75 bits per heavy atom. The zero-order valence-corrected chi connectivity index (χ0v) is 11.5. The molecule has 0 amide bonds. The standard InChI is InChI=1S/C15H20FN3O/c16-14-9-13(10-17)1-2-15(14)18-11-12-3-5-19(6-4-12)7-8-20/h1-2,9,12,18,20H,3-8,11H2. The number of hydrogen-bond acceptors (Lipinski definition) is 4. The van der Waals surface area contributed by atoms with Gasteiger partial charge in [0.15, 0.2) is 0 Å². The number of hydrogen-bond donors (Lipinski definition) is 2. The van der Waals surface area contributed by atoms with Gasteiger partial charge in [0.1, 0.15) is 5.82 Å². The van der Waals surface area contributed by atoms with Crippen molar-refractivity contribution >= 4 is 5.69 Å². The second-order valence-corrected chi connectivity index (χ2v) is 5.20. The maximum atomic E-state index is 13.7. The third kappa shape index (κ3) is 3.92. The molecule has 0 unspecified atom stereocenters. The van der Waals surface area contributed by atoms with Crippen molar-refractivity contribution in [1.29, 1.82) is 5.26 Å². The Morgan fingerprint density at radius 1 is 1.40 bits per heavy atom. The molecule has 108 valence electrons. The first-order valence-electron chi connectivity index (χ1n) is 6.99. The van der Waals surface area contributed by atoms with Crippen LogP contribution in [-0.4, -0.2) is 42.8 Å². The molecule has 0 saturated carbocycles. The van der Waals surface area contributed by atoms with E-state index in [2.05, 4.69) is 10.2 Å². The van der Waals surface area contributed by atoms with Crippen LogP contribution in [0.25, 0.3) is 0 Å². The molecule has 0 aromatic heterocycles. The summed E-state index contributed by atoms with van der Waals surface area (Å²) >= 11 is 0. The van der Waals surface area contributed by atoms with Crippen molar-refractivity contribution in [2.24, 2.45) is 5.92 Å². The largest absolute Gasteiger partial charge is 0.395 e. The Kier molecular flexibility index (Phi) is 5.33. The van der Waals surface area contributed by atoms with Gasteiger partial charge in [-0.25, -0.2) is 4.39 Å². The van der Waals surface area contributed by atoms with Crippen molar-refractivity contribution in [1.82, 2.24) is 4.90 Å². The van der Waals surface area contributed by atoms with E-state index < -0.39 is 0 Å². The molecule has 1 fully saturated rings. The lowest BCUT2D eigenvalue weighted by Crippen LogP contribution is -2.37. The molecule has 1 heterocycles. The fourth-order valence-electron chi connectivity index (χ4n) is 2.54. The average Bonchev–Trinajstić information content (AvgIpc) is 2.48. The number of nitrogens with zero attached hydrogens (tertiary/aromatic N) is 2. The van der Waals surface area contributed by atoms with Gasteiger partial charge in [0.25, 0.3) is 0 Å². The minimum Gasteiger partial charge on any atom is -0.395 e. The molecule has 5 heteroatoms. The summed E-state index contributed by atoms with van der Waals surface area (Å²) in [5.74, 6) is 0.154. The normalized spacial score (nSPS) is 16.9. The Hall–Kier alpha value is -1.64. The minimum absolute atomic E-state index is 0.208. The second-order valence-electron chi connectivity index (χ2n) is 5.20. The summed E-state index contributed by atoms with van der Waals surface area (Å²) in [6.45, 7) is 3.67. The van der Waals surface area contributed by atoms with Gasteiger partial charge in [0.05, 0.1) is 23.9 Å². The minimum atomic E-state index is -0.373. The zero-order valence-electron chi connectivity index (χ0n) is 11.5. The van der Waals surface area contributed by atoms with E-state index in [1.54, 1.807) is 12.1 Å². The Bertz CT molecular complexity index is 478. The fraction of sp³-hybridized carbons (Fsp3) is 0.533. The van der Waals surface area contributed by atoms with Gasteiger partial charge in [0.2, 0.25) is 0 Å². The average molecular weight is 277 g/mol. The van der Waals surface area contributed by atoms with Gasteiger partial charge in [-0.05, 0) is 50.0 Å². The molecule has 1 aromatic rings. The van der Waals surface area contributed by atoms with E-state index in [0.717, 1.165) is 39.0 Å². The van der Waals surface area contributed by atoms with Gasteiger partial charge in [-0.3, -0.25) is 0 Å². The van der Waals surface area contributed by atoms with Crippen LogP contribution in [0.5, 0.6) is 0 Å². The topological polar surface area (TPSA) is 59.3 Å². The van der Waals surface area contributed by atoms with Crippen LogP contribution in [-0.2, 0) is 0 Å². The number of likely N-dealkylation sites (tertiary alicyclic amines) is 1. The highest BCUT2D eigenvalue weighted by Crippen LogP contribution is 2.20. The number of β-amino-alcohol motifs (C(OH)–C–C–N with tert-alkyl or cyclic N) is 1. The smallest absolute Gasteiger partial charge is 0.147 e. The van der Waals surface area contributed by atoms with Crippen LogP contribution in [0.1, 0.15) is 18.4 Å². The van der Waals surface area contributed by atoms with E-state index in [9.17, 15) is 4.39 Å². The summed E-state index contributed by atoms with van der Waals surface area (Å²) in [7, 11) is 0. The summed E-state index contributed by atoms with van der Waals surface area (Å²) in [6.07, 6.45) is 2.12. The van der Waals surface area contributed by atoms with Crippen molar-refractivity contribution in [3.8, 4) is 6.07 Å². The predicted octanol–water partition coefficient (Wildman–Crippen LogP) is 1.81. The SMILES string of the molecule is N#Cc1ccc(NCC2CCN(CCO)CC2)c(F)c1. The van der Waals surface area contributed by atoms with Crippen LogP contribution in [0, 0.1) is 23.1 Å². The summed E-state index contributed by atoms with van der Waals surface area (Å²) in [5, 5.41) is 20.7. The molecule has 2 N–H and O–H groups in total. The number of anilines is 1. The Labute approximate surface area is 118 Å². The fourth-order valence-corrected chi connectivity index (χ4v) is 2.54. The number of benzene rings is 1. The van der Waals surface area contributed by atoms with Gasteiger partial charge < -0.3 is 15.3 Å². The Balaban J connectivity index is 1.80. The third-order valence-corrected chi connectivity index (χ3v) is 3.80. The van der Waals surface area contributed by atoms with Crippen LogP contribution in [0.4, 0.5) is 10.1 Å². The van der Waals surface area contributed by atoms with Crippen molar-refractivity contribution in [2.45, 2.75) is 12.8 Å². The van der Waals surface area contributed by atoms with Crippen LogP contribution >= 0.6 is 0 Å². The highest BCUT2D eigenvalue weighted by Gasteiger charge is 2.18. The molecule has 1 saturated heterocycles. The van der Waals surface area contributed by atoms with E-state index >= 15 is 0 Å². The molecule has 0 aliphatic carbocycles. The molecule has 0 atom stereocenters. The molecule has 4 nitrogen and oxygen atoms in total. The molecule has 1 aliphatic heterocycles. The van der Waals surface area contributed by atoms with E-state index in [1.165, 1.54) is 6.07 Å². The summed E-state index contributed by atoms with van der Waals surface area (Å²) in [5.41, 5.74) is 0.798. The monoisotopic (exact) mass is 277 g/mol. The van der Waals surface area contributed by atoms with Gasteiger partial charge in [-0.1, -0.05) is 0 Å². The highest BCUT2D eigenvalue weighted by atomic mass is 19.1. The van der Waals surface area contributed by atoms with E-state index in [0.29, 0.717) is 17.2 Å². The highest BCUT2D eigenvalue weighted by molar-refractivity contribution is 5.48. The number of nitriles is 1. The van der Waals surface area contributed by atoms with Gasteiger partial charge >= 0.3 is 0 Å². The van der Waals surface area contributed by atoms with Crippen LogP contribution in [0.3, 0.4) is 0 Å². The lowest BCUT2D eigenvalue weighted by Gasteiger charge is -2.31. The quantitative estimate of drug-likeness (QED) is 0.862. The van der Waals surface area contributed by atoms with Crippen LogP contribution in [0.2, 0.25) is 0 Å². The summed E-state index contributed by atoms with van der Waals surface area (Å²) < 4.78 is 13.7. The first-order valence-corrected chi connectivity index (χ1v) is 6.99. The molecule has 0 radical (unpaired) electrons. The number of halogens is 1. The lowest BCUT2D eigenvalue weighted by atomic mass is 9.96. The van der Waals surface area contributed by atoms with E-state index in [1.807, 2.05) is 6.07 Å².